The summed E-state index contributed by atoms with van der Waals surface area (Å²) in [6.07, 6.45) is 1.09. The molecule has 0 aromatic heterocycles. The van der Waals surface area contributed by atoms with Crippen LogP contribution in [0.2, 0.25) is 0 Å². The number of aliphatic hydroxyl groups is 1. The molecule has 1 aliphatic carbocycles. The summed E-state index contributed by atoms with van der Waals surface area (Å²) in [7, 11) is -3.63. The van der Waals surface area contributed by atoms with Crippen molar-refractivity contribution in [3.63, 3.8) is 0 Å². The number of sulfonamides is 1. The highest BCUT2D eigenvalue weighted by atomic mass is 32.2. The molecule has 10 heteroatoms. The molecule has 3 atom stereocenters. The minimum atomic E-state index is -3.63. The molecule has 33 heavy (non-hydrogen) atoms. The van der Waals surface area contributed by atoms with Crippen molar-refractivity contribution in [1.29, 1.82) is 0 Å². The first kappa shape index (κ1) is 23.7. The molecule has 1 spiro atoms. The zero-order chi connectivity index (χ0) is 24.1. The van der Waals surface area contributed by atoms with Crippen molar-refractivity contribution in [2.75, 3.05) is 12.8 Å². The lowest BCUT2D eigenvalue weighted by Gasteiger charge is -2.30. The normalized spacial score (nSPS) is 22.5. The van der Waals surface area contributed by atoms with Gasteiger partial charge in [-0.25, -0.2) is 26.3 Å². The number of aliphatic hydroxyl groups excluding tert-OH is 1. The van der Waals surface area contributed by atoms with Gasteiger partial charge in [0.2, 0.25) is 10.0 Å². The fraction of sp³-hybridized carbons (Fsp3) is 0.435. The van der Waals surface area contributed by atoms with Gasteiger partial charge in [0.05, 0.1) is 12.3 Å². The van der Waals surface area contributed by atoms with E-state index in [0.717, 1.165) is 18.4 Å². The van der Waals surface area contributed by atoms with Crippen LogP contribution in [0.4, 0.5) is 13.2 Å². The predicted octanol–water partition coefficient (Wildman–Crippen LogP) is 2.60. The van der Waals surface area contributed by atoms with Crippen molar-refractivity contribution < 1.29 is 31.5 Å². The minimum Gasteiger partial charge on any atom is -0.384 e. The van der Waals surface area contributed by atoms with E-state index in [0.29, 0.717) is 18.9 Å². The number of benzene rings is 2. The summed E-state index contributed by atoms with van der Waals surface area (Å²) < 4.78 is 69.7. The maximum absolute atomic E-state index is 15.5. The third-order valence-corrected chi connectivity index (χ3v) is 7.17. The summed E-state index contributed by atoms with van der Waals surface area (Å²) in [6.45, 7) is 1.58. The van der Waals surface area contributed by atoms with Gasteiger partial charge in [0.1, 0.15) is 23.6 Å². The Kier molecular flexibility index (Phi) is 6.05. The minimum absolute atomic E-state index is 0.00828. The Labute approximate surface area is 190 Å². The van der Waals surface area contributed by atoms with E-state index in [9.17, 15) is 27.1 Å². The summed E-state index contributed by atoms with van der Waals surface area (Å²) in [5, 5.41) is 9.90. The van der Waals surface area contributed by atoms with Crippen LogP contribution in [0.25, 0.3) is 11.1 Å². The standard InChI is InChI=1S/C23H25F3N2O4S/c1-13(29)22(30)28-12-23(6-7-23)21(27-33(2,31)32)19(28)10-14-4-3-5-18(20(14)26)15-8-16(24)11-17(25)9-15/h3-5,8-9,11,13,19,21,27,29H,6-7,10,12H2,1-2H3/t13-,19?,21?/m1/s1. The van der Waals surface area contributed by atoms with E-state index in [1.54, 1.807) is 0 Å². The third kappa shape index (κ3) is 4.78. The maximum atomic E-state index is 15.5. The van der Waals surface area contributed by atoms with Gasteiger partial charge in [-0.3, -0.25) is 4.79 Å². The number of nitrogens with zero attached hydrogens (tertiary/aromatic N) is 1. The topological polar surface area (TPSA) is 86.7 Å². The first-order valence-corrected chi connectivity index (χ1v) is 12.5. The Bertz CT molecular complexity index is 1180. The average molecular weight is 483 g/mol. The summed E-state index contributed by atoms with van der Waals surface area (Å²) >= 11 is 0. The molecule has 1 saturated heterocycles. The maximum Gasteiger partial charge on any atom is 0.251 e. The number of amides is 1. The van der Waals surface area contributed by atoms with Gasteiger partial charge in [-0.1, -0.05) is 18.2 Å². The molecule has 1 saturated carbocycles. The van der Waals surface area contributed by atoms with E-state index < -0.39 is 57.0 Å². The number of nitrogens with one attached hydrogen (secondary N) is 1. The number of halogens is 3. The molecule has 2 aromatic rings. The van der Waals surface area contributed by atoms with Gasteiger partial charge in [-0.2, -0.15) is 0 Å². The van der Waals surface area contributed by atoms with Crippen LogP contribution in [0, 0.1) is 22.9 Å². The molecular weight excluding hydrogens is 457 g/mol. The van der Waals surface area contributed by atoms with Gasteiger partial charge in [0, 0.05) is 29.6 Å². The van der Waals surface area contributed by atoms with Crippen molar-refractivity contribution >= 4 is 15.9 Å². The lowest BCUT2D eigenvalue weighted by molar-refractivity contribution is -0.140. The smallest absolute Gasteiger partial charge is 0.251 e. The Balaban J connectivity index is 1.74. The number of likely N-dealkylation sites (tertiary alicyclic amines) is 1. The van der Waals surface area contributed by atoms with Gasteiger partial charge in [0.25, 0.3) is 5.91 Å². The monoisotopic (exact) mass is 482 g/mol. The van der Waals surface area contributed by atoms with Crippen LogP contribution in [0.5, 0.6) is 0 Å². The van der Waals surface area contributed by atoms with Crippen molar-refractivity contribution in [1.82, 2.24) is 9.62 Å². The zero-order valence-corrected chi connectivity index (χ0v) is 19.0. The van der Waals surface area contributed by atoms with Gasteiger partial charge in [-0.15, -0.1) is 0 Å². The first-order chi connectivity index (χ1) is 15.4. The average Bonchev–Trinajstić information content (AvgIpc) is 3.43. The third-order valence-electron chi connectivity index (χ3n) is 6.49. The van der Waals surface area contributed by atoms with Crippen molar-refractivity contribution in [2.24, 2.45) is 5.41 Å². The molecule has 1 aliphatic heterocycles. The summed E-state index contributed by atoms with van der Waals surface area (Å²) in [5.74, 6) is -2.95. The molecule has 0 bridgehead atoms. The van der Waals surface area contributed by atoms with E-state index in [4.69, 9.17) is 0 Å². The highest BCUT2D eigenvalue weighted by Crippen LogP contribution is 2.55. The molecule has 2 N–H and O–H groups in total. The number of carbonyl (C=O) groups excluding carboxylic acids is 1. The van der Waals surface area contributed by atoms with Crippen molar-refractivity contribution in [2.45, 2.75) is 44.4 Å². The number of rotatable bonds is 6. The summed E-state index contributed by atoms with van der Waals surface area (Å²) in [4.78, 5) is 14.2. The van der Waals surface area contributed by atoms with Gasteiger partial charge in [-0.05, 0) is 49.4 Å². The zero-order valence-electron chi connectivity index (χ0n) is 18.2. The largest absolute Gasteiger partial charge is 0.384 e. The Hall–Kier alpha value is -2.43. The Morgan fingerprint density at radius 1 is 1.21 bits per heavy atom. The summed E-state index contributed by atoms with van der Waals surface area (Å²) in [5.41, 5.74) is -0.271. The molecule has 178 valence electrons. The van der Waals surface area contributed by atoms with Crippen LogP contribution in [-0.4, -0.2) is 55.3 Å². The van der Waals surface area contributed by atoms with Crippen LogP contribution >= 0.6 is 0 Å². The molecular formula is C23H25F3N2O4S. The molecule has 2 fully saturated rings. The summed E-state index contributed by atoms with van der Waals surface area (Å²) in [6, 6.07) is 5.79. The van der Waals surface area contributed by atoms with Crippen LogP contribution in [0.3, 0.4) is 0 Å². The lowest BCUT2D eigenvalue weighted by Crippen LogP contribution is -2.50. The second kappa shape index (κ2) is 8.41. The van der Waals surface area contributed by atoms with Gasteiger partial charge < -0.3 is 10.0 Å². The Morgan fingerprint density at radius 2 is 1.85 bits per heavy atom. The van der Waals surface area contributed by atoms with Crippen LogP contribution in [0.1, 0.15) is 25.3 Å². The van der Waals surface area contributed by atoms with Gasteiger partial charge >= 0.3 is 0 Å². The van der Waals surface area contributed by atoms with Gasteiger partial charge in [0.15, 0.2) is 0 Å². The second-order valence-corrected chi connectivity index (χ2v) is 10.9. The second-order valence-electron chi connectivity index (χ2n) is 9.08. The van der Waals surface area contributed by atoms with E-state index in [1.807, 2.05) is 0 Å². The van der Waals surface area contributed by atoms with Crippen LogP contribution in [0.15, 0.2) is 36.4 Å². The molecule has 4 rings (SSSR count). The predicted molar refractivity (Wildman–Crippen MR) is 116 cm³/mol. The molecule has 2 aliphatic rings. The fourth-order valence-electron chi connectivity index (χ4n) is 4.81. The van der Waals surface area contributed by atoms with Crippen LogP contribution < -0.4 is 4.72 Å². The SMILES string of the molecule is C[C@@H](O)C(=O)N1CC2(CC2)C(NS(C)(=O)=O)C1Cc1cccc(-c2cc(F)cc(F)c2)c1F. The molecule has 0 radical (unpaired) electrons. The molecule has 1 heterocycles. The van der Waals surface area contributed by atoms with Crippen LogP contribution in [-0.2, 0) is 21.2 Å². The van der Waals surface area contributed by atoms with E-state index in [-0.39, 0.29) is 29.7 Å². The quantitative estimate of drug-likeness (QED) is 0.663. The van der Waals surface area contributed by atoms with Crippen molar-refractivity contribution in [3.05, 3.63) is 59.4 Å². The fourth-order valence-corrected chi connectivity index (χ4v) is 5.68. The Morgan fingerprint density at radius 3 is 2.39 bits per heavy atom. The van der Waals surface area contributed by atoms with E-state index >= 15 is 4.39 Å². The number of carbonyl (C=O) groups is 1. The highest BCUT2D eigenvalue weighted by Gasteiger charge is 2.61. The first-order valence-electron chi connectivity index (χ1n) is 10.6. The molecule has 2 unspecified atom stereocenters. The molecule has 2 aromatic carbocycles. The highest BCUT2D eigenvalue weighted by molar-refractivity contribution is 7.88. The number of hydrogen-bond donors (Lipinski definition) is 2. The van der Waals surface area contributed by atoms with E-state index in [1.165, 1.54) is 30.0 Å². The van der Waals surface area contributed by atoms with Crippen molar-refractivity contribution in [3.8, 4) is 11.1 Å². The molecule has 6 nitrogen and oxygen atoms in total. The lowest BCUT2D eigenvalue weighted by atomic mass is 9.91. The molecule has 1 amide bonds. The van der Waals surface area contributed by atoms with E-state index in [2.05, 4.69) is 4.72 Å². The number of hydrogen-bond acceptors (Lipinski definition) is 4.